The first-order valence-corrected chi connectivity index (χ1v) is 9.11. The highest BCUT2D eigenvalue weighted by molar-refractivity contribution is 7.86. The van der Waals surface area contributed by atoms with Crippen molar-refractivity contribution in [2.45, 2.75) is 31.1 Å². The minimum absolute atomic E-state index is 0.0238. The summed E-state index contributed by atoms with van der Waals surface area (Å²) in [6.45, 7) is 1.91. The third-order valence-electron chi connectivity index (χ3n) is 2.63. The Morgan fingerprint density at radius 2 is 1.38 bits per heavy atom. The zero-order chi connectivity index (χ0) is 22.7. The predicted octanol–water partition coefficient (Wildman–Crippen LogP) is 4.49. The zero-order valence-electron chi connectivity index (χ0n) is 15.3. The molecule has 1 rings (SSSR count). The number of benzene rings is 1. The largest absolute Gasteiger partial charge is 0.462 e. The van der Waals surface area contributed by atoms with E-state index in [9.17, 15) is 39.6 Å². The van der Waals surface area contributed by atoms with Crippen molar-refractivity contribution in [2.24, 2.45) is 0 Å². The van der Waals surface area contributed by atoms with Crippen LogP contribution in [0.4, 0.5) is 26.3 Å². The summed E-state index contributed by atoms with van der Waals surface area (Å²) >= 11 is 0. The second-order valence-corrected chi connectivity index (χ2v) is 6.86. The maximum absolute atomic E-state index is 11.8. The molecular formula is C17H18F6O5S. The number of carbonyl (C=O) groups is 1. The first-order valence-electron chi connectivity index (χ1n) is 7.71. The van der Waals surface area contributed by atoms with E-state index in [0.29, 0.717) is 6.08 Å². The molecule has 0 atom stereocenters. The third kappa shape index (κ3) is 15.3. The number of aryl methyl sites for hydroxylation is 1. The molecule has 164 valence electrons. The average Bonchev–Trinajstić information content (AvgIpc) is 2.55. The molecule has 1 aromatic carbocycles. The molecule has 0 spiro atoms. The Kier molecular flexibility index (Phi) is 10.7. The first-order chi connectivity index (χ1) is 13.1. The average molecular weight is 448 g/mol. The Morgan fingerprint density at radius 1 is 0.931 bits per heavy atom. The van der Waals surface area contributed by atoms with Gasteiger partial charge in [-0.25, -0.2) is 0 Å². The van der Waals surface area contributed by atoms with Crippen LogP contribution in [0.1, 0.15) is 12.5 Å². The Hall–Kier alpha value is -2.34. The van der Waals surface area contributed by atoms with Crippen LogP contribution in [0.3, 0.4) is 0 Å². The van der Waals surface area contributed by atoms with Crippen LogP contribution in [0.5, 0.6) is 0 Å². The van der Waals surface area contributed by atoms with Gasteiger partial charge in [-0.2, -0.15) is 34.8 Å². The van der Waals surface area contributed by atoms with Gasteiger partial charge < -0.3 is 4.74 Å². The van der Waals surface area contributed by atoms with E-state index < -0.39 is 35.0 Å². The number of hydrogen-bond acceptors (Lipinski definition) is 5. The highest BCUT2D eigenvalue weighted by Crippen LogP contribution is 2.17. The van der Waals surface area contributed by atoms with Gasteiger partial charge in [0.2, 0.25) is 0 Å². The molecule has 0 aliphatic heterocycles. The summed E-state index contributed by atoms with van der Waals surface area (Å²) in [5.74, 6) is -0.600. The lowest BCUT2D eigenvalue weighted by Gasteiger charge is -2.04. The van der Waals surface area contributed by atoms with Crippen LogP contribution < -0.4 is 0 Å². The minimum Gasteiger partial charge on any atom is -0.462 e. The van der Waals surface area contributed by atoms with E-state index in [1.54, 1.807) is 19.1 Å². The molecule has 29 heavy (non-hydrogen) atoms. The van der Waals surface area contributed by atoms with Crippen molar-refractivity contribution in [3.63, 3.8) is 0 Å². The van der Waals surface area contributed by atoms with E-state index in [0.717, 1.165) is 18.6 Å². The third-order valence-corrected chi connectivity index (χ3v) is 3.92. The fourth-order valence-corrected chi connectivity index (χ4v) is 2.29. The maximum atomic E-state index is 11.8. The van der Waals surface area contributed by atoms with Crippen LogP contribution in [0.2, 0.25) is 0 Å². The lowest BCUT2D eigenvalue weighted by Crippen LogP contribution is -2.07. The molecule has 0 heterocycles. The molecule has 0 aliphatic rings. The lowest BCUT2D eigenvalue weighted by atomic mass is 10.2. The van der Waals surface area contributed by atoms with Gasteiger partial charge in [0.25, 0.3) is 10.1 Å². The van der Waals surface area contributed by atoms with E-state index in [2.05, 4.69) is 8.92 Å². The van der Waals surface area contributed by atoms with Gasteiger partial charge in [0.05, 0.1) is 11.5 Å². The molecule has 0 saturated carbocycles. The van der Waals surface area contributed by atoms with Gasteiger partial charge in [0.1, 0.15) is 6.61 Å². The molecule has 0 N–H and O–H groups in total. The summed E-state index contributed by atoms with van der Waals surface area (Å²) in [6.07, 6.45) is -7.52. The van der Waals surface area contributed by atoms with Crippen molar-refractivity contribution in [1.29, 1.82) is 0 Å². The van der Waals surface area contributed by atoms with Gasteiger partial charge in [-0.05, 0) is 25.1 Å². The van der Waals surface area contributed by atoms with E-state index in [4.69, 9.17) is 0 Å². The number of halogens is 6. The van der Waals surface area contributed by atoms with Crippen molar-refractivity contribution < 1.29 is 48.5 Å². The lowest BCUT2D eigenvalue weighted by molar-refractivity contribution is -0.139. The second kappa shape index (κ2) is 11.6. The van der Waals surface area contributed by atoms with Crippen molar-refractivity contribution in [2.75, 3.05) is 13.2 Å². The van der Waals surface area contributed by atoms with Crippen LogP contribution in [0, 0.1) is 6.92 Å². The Balaban J connectivity index is 0.000000614. The molecule has 1 aromatic rings. The van der Waals surface area contributed by atoms with Gasteiger partial charge in [-0.3, -0.25) is 8.98 Å². The van der Waals surface area contributed by atoms with E-state index in [-0.39, 0.29) is 23.7 Å². The molecule has 0 aromatic heterocycles. The fraction of sp³-hybridized carbons (Fsp3) is 0.353. The summed E-state index contributed by atoms with van der Waals surface area (Å²) < 4.78 is 101. The second-order valence-electron chi connectivity index (χ2n) is 5.24. The number of hydrogen-bond donors (Lipinski definition) is 0. The SMILES string of the molecule is CC(=O)OCC=CC(F)(F)F.Cc1ccc(S(=O)(=O)OCC=CC(F)(F)F)cc1. The molecular weight excluding hydrogens is 430 g/mol. The molecule has 0 unspecified atom stereocenters. The zero-order valence-corrected chi connectivity index (χ0v) is 16.1. The smallest absolute Gasteiger partial charge is 0.409 e. The van der Waals surface area contributed by atoms with Gasteiger partial charge in [0.15, 0.2) is 0 Å². The van der Waals surface area contributed by atoms with E-state index in [1.807, 2.05) is 0 Å². The number of ether oxygens (including phenoxy) is 1. The van der Waals surface area contributed by atoms with Crippen molar-refractivity contribution in [3.05, 3.63) is 54.1 Å². The van der Waals surface area contributed by atoms with Crippen LogP contribution >= 0.6 is 0 Å². The molecule has 0 saturated heterocycles. The minimum atomic E-state index is -4.48. The predicted molar refractivity (Wildman–Crippen MR) is 91.3 cm³/mol. The Morgan fingerprint density at radius 3 is 1.79 bits per heavy atom. The number of allylic oxidation sites excluding steroid dienone is 2. The number of rotatable bonds is 6. The van der Waals surface area contributed by atoms with Crippen LogP contribution in [-0.2, 0) is 23.8 Å². The molecule has 0 fully saturated rings. The molecule has 5 nitrogen and oxygen atoms in total. The van der Waals surface area contributed by atoms with Crippen molar-refractivity contribution in [1.82, 2.24) is 0 Å². The van der Waals surface area contributed by atoms with Gasteiger partial charge in [0, 0.05) is 19.1 Å². The van der Waals surface area contributed by atoms with E-state index in [1.165, 1.54) is 12.1 Å². The quantitative estimate of drug-likeness (QED) is 0.278. The molecule has 0 bridgehead atoms. The summed E-state index contributed by atoms with van der Waals surface area (Å²) in [4.78, 5) is 9.94. The molecule has 0 radical (unpaired) electrons. The monoisotopic (exact) mass is 448 g/mol. The van der Waals surface area contributed by atoms with Crippen LogP contribution in [0.15, 0.2) is 53.5 Å². The topological polar surface area (TPSA) is 69.7 Å². The normalized spacial score (nSPS) is 12.7. The number of esters is 1. The highest BCUT2D eigenvalue weighted by Gasteiger charge is 2.22. The number of alkyl halides is 6. The molecule has 0 amide bonds. The van der Waals surface area contributed by atoms with Crippen molar-refractivity contribution >= 4 is 16.1 Å². The molecule has 12 heteroatoms. The Labute approximate surface area is 163 Å². The highest BCUT2D eigenvalue weighted by atomic mass is 32.2. The number of carbonyl (C=O) groups excluding carboxylic acids is 1. The summed E-state index contributed by atoms with van der Waals surface area (Å²) in [5, 5.41) is 0. The Bertz CT molecular complexity index is 793. The fourth-order valence-electron chi connectivity index (χ4n) is 1.43. The van der Waals surface area contributed by atoms with Gasteiger partial charge in [-0.15, -0.1) is 0 Å². The maximum Gasteiger partial charge on any atom is 0.409 e. The summed E-state index contributed by atoms with van der Waals surface area (Å²) in [6, 6.07) is 5.81. The van der Waals surface area contributed by atoms with Crippen molar-refractivity contribution in [3.8, 4) is 0 Å². The standard InChI is InChI=1S/C11H11F3O3S.C6H7F3O2/c1-9-3-5-10(6-4-9)18(15,16)17-8-2-7-11(12,13)14;1-5(10)11-4-2-3-6(7,8)9/h2-7H,8H2,1H3;2-3H,4H2,1H3. The van der Waals surface area contributed by atoms with Gasteiger partial charge >= 0.3 is 18.3 Å². The summed E-state index contributed by atoms with van der Waals surface area (Å²) in [7, 11) is -4.01. The molecule has 0 aliphatic carbocycles. The van der Waals surface area contributed by atoms with Crippen LogP contribution in [0.25, 0.3) is 0 Å². The van der Waals surface area contributed by atoms with Crippen LogP contribution in [-0.4, -0.2) is 40.0 Å². The summed E-state index contributed by atoms with van der Waals surface area (Å²) in [5.41, 5.74) is 0.867. The van der Waals surface area contributed by atoms with E-state index >= 15 is 0 Å². The van der Waals surface area contributed by atoms with Gasteiger partial charge in [-0.1, -0.05) is 23.8 Å². The first kappa shape index (κ1) is 26.7.